The normalized spacial score (nSPS) is 15.1. The van der Waals surface area contributed by atoms with Gasteiger partial charge in [-0.05, 0) is 49.8 Å². The lowest BCUT2D eigenvalue weighted by Crippen LogP contribution is -1.92. The van der Waals surface area contributed by atoms with E-state index in [4.69, 9.17) is 10.5 Å². The van der Waals surface area contributed by atoms with Crippen molar-refractivity contribution >= 4 is 5.69 Å². The van der Waals surface area contributed by atoms with Gasteiger partial charge in [-0.25, -0.2) is 0 Å². The van der Waals surface area contributed by atoms with E-state index in [2.05, 4.69) is 25.2 Å². The fourth-order valence-corrected chi connectivity index (χ4v) is 1.46. The number of rotatable bonds is 2. The quantitative estimate of drug-likeness (QED) is 0.764. The average molecular weight is 213 g/mol. The fraction of sp³-hybridized carbons (Fsp3) is 0.143. The third kappa shape index (κ3) is 2.76. The molecule has 82 valence electrons. The lowest BCUT2D eigenvalue weighted by molar-refractivity contribution is 0.443. The van der Waals surface area contributed by atoms with Crippen molar-refractivity contribution < 1.29 is 4.74 Å². The monoisotopic (exact) mass is 213 g/mol. The van der Waals surface area contributed by atoms with Crippen LogP contribution in [-0.4, -0.2) is 0 Å². The van der Waals surface area contributed by atoms with E-state index in [1.807, 2.05) is 30.3 Å². The summed E-state index contributed by atoms with van der Waals surface area (Å²) in [7, 11) is 0. The van der Waals surface area contributed by atoms with E-state index in [1.54, 1.807) is 0 Å². The van der Waals surface area contributed by atoms with Crippen molar-refractivity contribution in [3.8, 4) is 5.75 Å². The predicted octanol–water partition coefficient (Wildman–Crippen LogP) is 3.44. The maximum atomic E-state index is 5.72. The van der Waals surface area contributed by atoms with Crippen LogP contribution >= 0.6 is 0 Å². The number of anilines is 1. The number of hydrogen-bond acceptors (Lipinski definition) is 2. The van der Waals surface area contributed by atoms with E-state index >= 15 is 0 Å². The van der Waals surface area contributed by atoms with Crippen LogP contribution in [0.2, 0.25) is 0 Å². The molecule has 0 aliphatic heterocycles. The summed E-state index contributed by atoms with van der Waals surface area (Å²) < 4.78 is 5.72. The molecule has 1 aliphatic rings. The lowest BCUT2D eigenvalue weighted by atomic mass is 10.2. The second-order valence-corrected chi connectivity index (χ2v) is 3.79. The van der Waals surface area contributed by atoms with Crippen molar-refractivity contribution in [3.63, 3.8) is 0 Å². The van der Waals surface area contributed by atoms with Crippen LogP contribution in [0.25, 0.3) is 0 Å². The second-order valence-electron chi connectivity index (χ2n) is 3.79. The third-order valence-electron chi connectivity index (χ3n) is 2.39. The van der Waals surface area contributed by atoms with Gasteiger partial charge in [0.1, 0.15) is 11.5 Å². The molecule has 0 unspecified atom stereocenters. The number of ether oxygens (including phenoxy) is 1. The highest BCUT2D eigenvalue weighted by atomic mass is 16.5. The van der Waals surface area contributed by atoms with Gasteiger partial charge < -0.3 is 10.5 Å². The van der Waals surface area contributed by atoms with E-state index in [0.717, 1.165) is 23.6 Å². The smallest absolute Gasteiger partial charge is 0.127 e. The van der Waals surface area contributed by atoms with Gasteiger partial charge in [-0.2, -0.15) is 0 Å². The Hall–Kier alpha value is -1.96. The van der Waals surface area contributed by atoms with Gasteiger partial charge in [0.2, 0.25) is 0 Å². The lowest BCUT2D eigenvalue weighted by Gasteiger charge is -2.05. The van der Waals surface area contributed by atoms with Crippen molar-refractivity contribution in [2.24, 2.45) is 0 Å². The Kier molecular flexibility index (Phi) is 3.10. The molecule has 0 amide bonds. The Bertz CT molecular complexity index is 452. The van der Waals surface area contributed by atoms with Crippen LogP contribution in [0, 0.1) is 0 Å². The topological polar surface area (TPSA) is 35.2 Å². The van der Waals surface area contributed by atoms with Crippen molar-refractivity contribution in [2.45, 2.75) is 13.3 Å². The number of allylic oxidation sites excluding steroid dienone is 5. The summed E-state index contributed by atoms with van der Waals surface area (Å²) in [5, 5.41) is 0. The molecule has 2 N–H and O–H groups in total. The van der Waals surface area contributed by atoms with Gasteiger partial charge in [0.15, 0.2) is 0 Å². The van der Waals surface area contributed by atoms with E-state index in [9.17, 15) is 0 Å². The van der Waals surface area contributed by atoms with Crippen LogP contribution in [0.15, 0.2) is 59.9 Å². The van der Waals surface area contributed by atoms with Gasteiger partial charge in [0, 0.05) is 5.69 Å². The first-order valence-corrected chi connectivity index (χ1v) is 5.32. The second kappa shape index (κ2) is 4.71. The number of nitrogens with two attached hydrogens (primary N) is 1. The van der Waals surface area contributed by atoms with Crippen LogP contribution in [0.1, 0.15) is 13.3 Å². The molecule has 0 fully saturated rings. The third-order valence-corrected chi connectivity index (χ3v) is 2.39. The van der Waals surface area contributed by atoms with Crippen molar-refractivity contribution in [1.82, 2.24) is 0 Å². The van der Waals surface area contributed by atoms with Gasteiger partial charge in [0.25, 0.3) is 0 Å². The molecule has 0 heterocycles. The highest BCUT2D eigenvalue weighted by Crippen LogP contribution is 2.18. The SMILES string of the molecule is CC1=CCC=C(Oc2ccc(N)cc2)C=C1. The van der Waals surface area contributed by atoms with Gasteiger partial charge in [-0.15, -0.1) is 0 Å². The van der Waals surface area contributed by atoms with Crippen molar-refractivity contribution in [3.05, 3.63) is 59.9 Å². The number of nitrogen functional groups attached to an aromatic ring is 1. The molecule has 1 aliphatic carbocycles. The first-order valence-electron chi connectivity index (χ1n) is 5.32. The maximum Gasteiger partial charge on any atom is 0.127 e. The van der Waals surface area contributed by atoms with Crippen LogP contribution in [0.3, 0.4) is 0 Å². The van der Waals surface area contributed by atoms with E-state index < -0.39 is 0 Å². The largest absolute Gasteiger partial charge is 0.458 e. The summed E-state index contributed by atoms with van der Waals surface area (Å²) in [6.45, 7) is 2.08. The van der Waals surface area contributed by atoms with Gasteiger partial charge >= 0.3 is 0 Å². The summed E-state index contributed by atoms with van der Waals surface area (Å²) in [6.07, 6.45) is 9.16. The minimum atomic E-state index is 0.746. The molecule has 2 nitrogen and oxygen atoms in total. The fourth-order valence-electron chi connectivity index (χ4n) is 1.46. The standard InChI is InChI=1S/C14H15NO/c1-11-3-2-4-13(8-5-11)16-14-9-6-12(15)7-10-14/h3-10H,2,15H2,1H3. The summed E-state index contributed by atoms with van der Waals surface area (Å²) >= 11 is 0. The molecule has 16 heavy (non-hydrogen) atoms. The Balaban J connectivity index is 2.08. The van der Waals surface area contributed by atoms with Crippen LogP contribution in [0.4, 0.5) is 5.69 Å². The molecular formula is C14H15NO. The molecular weight excluding hydrogens is 198 g/mol. The van der Waals surface area contributed by atoms with Crippen molar-refractivity contribution in [2.75, 3.05) is 5.73 Å². The van der Waals surface area contributed by atoms with Crippen LogP contribution < -0.4 is 10.5 Å². The Labute approximate surface area is 95.7 Å². The van der Waals surface area contributed by atoms with E-state index in [0.29, 0.717) is 0 Å². The molecule has 0 saturated carbocycles. The van der Waals surface area contributed by atoms with Crippen molar-refractivity contribution in [1.29, 1.82) is 0 Å². The first kappa shape index (κ1) is 10.6. The van der Waals surface area contributed by atoms with Gasteiger partial charge in [-0.1, -0.05) is 17.7 Å². The zero-order valence-electron chi connectivity index (χ0n) is 9.31. The van der Waals surface area contributed by atoms with Crippen LogP contribution in [0.5, 0.6) is 5.75 Å². The molecule has 0 spiro atoms. The number of hydrogen-bond donors (Lipinski definition) is 1. The minimum absolute atomic E-state index is 0.746. The Morgan fingerprint density at radius 2 is 1.81 bits per heavy atom. The molecule has 2 heteroatoms. The van der Waals surface area contributed by atoms with E-state index in [-0.39, 0.29) is 0 Å². The molecule has 1 aromatic rings. The maximum absolute atomic E-state index is 5.72. The molecule has 0 aromatic heterocycles. The van der Waals surface area contributed by atoms with Gasteiger partial charge in [0.05, 0.1) is 0 Å². The molecule has 0 atom stereocenters. The van der Waals surface area contributed by atoms with Gasteiger partial charge in [-0.3, -0.25) is 0 Å². The molecule has 0 bridgehead atoms. The summed E-state index contributed by atoms with van der Waals surface area (Å²) in [5.41, 5.74) is 7.61. The minimum Gasteiger partial charge on any atom is -0.458 e. The zero-order valence-corrected chi connectivity index (χ0v) is 9.31. The summed E-state index contributed by atoms with van der Waals surface area (Å²) in [6, 6.07) is 7.41. The Morgan fingerprint density at radius 1 is 1.06 bits per heavy atom. The molecule has 1 aromatic carbocycles. The molecule has 0 radical (unpaired) electrons. The molecule has 2 rings (SSSR count). The number of benzene rings is 1. The summed E-state index contributed by atoms with van der Waals surface area (Å²) in [5.74, 6) is 1.68. The molecule has 0 saturated heterocycles. The first-order chi connectivity index (χ1) is 7.74. The predicted molar refractivity (Wildman–Crippen MR) is 67.1 cm³/mol. The Morgan fingerprint density at radius 3 is 2.56 bits per heavy atom. The summed E-state index contributed by atoms with van der Waals surface area (Å²) in [4.78, 5) is 0. The van der Waals surface area contributed by atoms with E-state index in [1.165, 1.54) is 5.57 Å². The zero-order chi connectivity index (χ0) is 11.4. The average Bonchev–Trinajstić information content (AvgIpc) is 2.47. The highest BCUT2D eigenvalue weighted by Gasteiger charge is 1.99. The van der Waals surface area contributed by atoms with Crippen LogP contribution in [-0.2, 0) is 0 Å². The highest BCUT2D eigenvalue weighted by molar-refractivity contribution is 5.42.